The summed E-state index contributed by atoms with van der Waals surface area (Å²) in [6, 6.07) is 0.859. The molecule has 2 heterocycles. The summed E-state index contributed by atoms with van der Waals surface area (Å²) < 4.78 is 0. The topological polar surface area (TPSA) is 15.3 Å². The van der Waals surface area contributed by atoms with Crippen molar-refractivity contribution in [1.29, 1.82) is 0 Å². The first kappa shape index (κ1) is 9.47. The molecule has 2 nitrogen and oxygen atoms in total. The smallest absolute Gasteiger partial charge is 0.0232 e. The molecule has 1 atom stereocenters. The van der Waals surface area contributed by atoms with Crippen molar-refractivity contribution in [2.24, 2.45) is 0 Å². The highest BCUT2D eigenvalue weighted by Gasteiger charge is 2.21. The van der Waals surface area contributed by atoms with E-state index < -0.39 is 0 Å². The van der Waals surface area contributed by atoms with Crippen LogP contribution in [0.2, 0.25) is 0 Å². The second-order valence-electron chi connectivity index (χ2n) is 4.45. The Kier molecular flexibility index (Phi) is 3.62. The largest absolute Gasteiger partial charge is 0.315 e. The van der Waals surface area contributed by atoms with E-state index in [1.165, 1.54) is 64.7 Å². The second kappa shape index (κ2) is 4.97. The summed E-state index contributed by atoms with van der Waals surface area (Å²) in [6.45, 7) is 5.18. The zero-order valence-electron chi connectivity index (χ0n) is 8.60. The van der Waals surface area contributed by atoms with Crippen molar-refractivity contribution in [2.45, 2.75) is 44.6 Å². The van der Waals surface area contributed by atoms with Crippen LogP contribution in [-0.4, -0.2) is 37.1 Å². The number of hydrogen-bond acceptors (Lipinski definition) is 2. The van der Waals surface area contributed by atoms with Gasteiger partial charge in [0.15, 0.2) is 0 Å². The molecule has 0 spiro atoms. The van der Waals surface area contributed by atoms with E-state index in [4.69, 9.17) is 0 Å². The highest BCUT2D eigenvalue weighted by atomic mass is 15.2. The Bertz CT molecular complexity index is 133. The van der Waals surface area contributed by atoms with E-state index in [-0.39, 0.29) is 0 Å². The molecule has 2 heteroatoms. The maximum Gasteiger partial charge on any atom is 0.0232 e. The minimum Gasteiger partial charge on any atom is -0.315 e. The van der Waals surface area contributed by atoms with Crippen molar-refractivity contribution in [3.05, 3.63) is 0 Å². The molecule has 2 aliphatic rings. The standard InChI is InChI=1S/C11H22N2/c1-2-4-8-13(9-5-3-1)11-6-7-12-10-11/h11-12H,1-10H2. The molecule has 0 aromatic heterocycles. The lowest BCUT2D eigenvalue weighted by molar-refractivity contribution is 0.190. The van der Waals surface area contributed by atoms with Gasteiger partial charge in [0.1, 0.15) is 0 Å². The Morgan fingerprint density at radius 3 is 2.23 bits per heavy atom. The highest BCUT2D eigenvalue weighted by molar-refractivity contribution is 4.81. The first-order chi connectivity index (χ1) is 6.47. The van der Waals surface area contributed by atoms with Crippen LogP contribution in [0.4, 0.5) is 0 Å². The third kappa shape index (κ3) is 2.68. The molecular weight excluding hydrogens is 160 g/mol. The Balaban J connectivity index is 1.80. The van der Waals surface area contributed by atoms with Crippen LogP contribution in [0.25, 0.3) is 0 Å². The van der Waals surface area contributed by atoms with E-state index in [1.54, 1.807) is 0 Å². The second-order valence-corrected chi connectivity index (χ2v) is 4.45. The molecule has 13 heavy (non-hydrogen) atoms. The van der Waals surface area contributed by atoms with Crippen molar-refractivity contribution in [3.8, 4) is 0 Å². The maximum absolute atomic E-state index is 3.46. The lowest BCUT2D eigenvalue weighted by Gasteiger charge is -2.29. The van der Waals surface area contributed by atoms with Gasteiger partial charge in [0.05, 0.1) is 0 Å². The molecule has 0 aliphatic carbocycles. The van der Waals surface area contributed by atoms with Crippen LogP contribution in [-0.2, 0) is 0 Å². The van der Waals surface area contributed by atoms with Crippen molar-refractivity contribution >= 4 is 0 Å². The van der Waals surface area contributed by atoms with Gasteiger partial charge in [-0.05, 0) is 38.9 Å². The van der Waals surface area contributed by atoms with Gasteiger partial charge in [-0.2, -0.15) is 0 Å². The normalized spacial score (nSPS) is 32.8. The summed E-state index contributed by atoms with van der Waals surface area (Å²) in [4.78, 5) is 2.72. The van der Waals surface area contributed by atoms with Crippen molar-refractivity contribution in [3.63, 3.8) is 0 Å². The van der Waals surface area contributed by atoms with Gasteiger partial charge < -0.3 is 5.32 Å². The molecule has 0 aromatic rings. The Morgan fingerprint density at radius 2 is 1.62 bits per heavy atom. The predicted molar refractivity (Wildman–Crippen MR) is 55.9 cm³/mol. The fourth-order valence-electron chi connectivity index (χ4n) is 2.59. The summed E-state index contributed by atoms with van der Waals surface area (Å²) in [5.74, 6) is 0. The molecule has 76 valence electrons. The lowest BCUT2D eigenvalue weighted by Crippen LogP contribution is -2.38. The van der Waals surface area contributed by atoms with Crippen LogP contribution in [0.3, 0.4) is 0 Å². The number of rotatable bonds is 1. The summed E-state index contributed by atoms with van der Waals surface area (Å²) in [6.07, 6.45) is 8.61. The number of hydrogen-bond donors (Lipinski definition) is 1. The predicted octanol–water partition coefficient (Wildman–Crippen LogP) is 1.61. The lowest BCUT2D eigenvalue weighted by atomic mass is 10.1. The molecule has 2 rings (SSSR count). The SMILES string of the molecule is C1CCCN(C2CCNC2)CCC1. The summed E-state index contributed by atoms with van der Waals surface area (Å²) in [5, 5.41) is 3.46. The zero-order chi connectivity index (χ0) is 8.93. The van der Waals surface area contributed by atoms with Crippen LogP contribution in [0.5, 0.6) is 0 Å². The number of likely N-dealkylation sites (tertiary alicyclic amines) is 1. The zero-order valence-corrected chi connectivity index (χ0v) is 8.60. The molecule has 2 aliphatic heterocycles. The van der Waals surface area contributed by atoms with Gasteiger partial charge in [-0.3, -0.25) is 4.90 Å². The van der Waals surface area contributed by atoms with Gasteiger partial charge in [0.25, 0.3) is 0 Å². The Morgan fingerprint density at radius 1 is 0.923 bits per heavy atom. The van der Waals surface area contributed by atoms with Gasteiger partial charge in [0, 0.05) is 12.6 Å². The average Bonchev–Trinajstić information content (AvgIpc) is 2.55. The van der Waals surface area contributed by atoms with Crippen LogP contribution in [0, 0.1) is 0 Å². The summed E-state index contributed by atoms with van der Waals surface area (Å²) >= 11 is 0. The first-order valence-corrected chi connectivity index (χ1v) is 5.91. The molecular formula is C11H22N2. The molecule has 2 fully saturated rings. The molecule has 0 aromatic carbocycles. The molecule has 0 bridgehead atoms. The number of nitrogens with zero attached hydrogens (tertiary/aromatic N) is 1. The third-order valence-electron chi connectivity index (χ3n) is 3.44. The molecule has 0 radical (unpaired) electrons. The van der Waals surface area contributed by atoms with E-state index >= 15 is 0 Å². The fraction of sp³-hybridized carbons (Fsp3) is 1.00. The molecule has 0 amide bonds. The Labute approximate surface area is 81.7 Å². The van der Waals surface area contributed by atoms with Gasteiger partial charge in [-0.15, -0.1) is 0 Å². The minimum absolute atomic E-state index is 0.859. The van der Waals surface area contributed by atoms with E-state index in [2.05, 4.69) is 10.2 Å². The van der Waals surface area contributed by atoms with Crippen LogP contribution >= 0.6 is 0 Å². The van der Waals surface area contributed by atoms with Crippen molar-refractivity contribution in [2.75, 3.05) is 26.2 Å². The van der Waals surface area contributed by atoms with Gasteiger partial charge in [-0.25, -0.2) is 0 Å². The first-order valence-electron chi connectivity index (χ1n) is 5.91. The van der Waals surface area contributed by atoms with Gasteiger partial charge in [-0.1, -0.05) is 19.3 Å². The molecule has 1 N–H and O–H groups in total. The maximum atomic E-state index is 3.46. The van der Waals surface area contributed by atoms with Crippen molar-refractivity contribution in [1.82, 2.24) is 10.2 Å². The monoisotopic (exact) mass is 182 g/mol. The fourth-order valence-corrected chi connectivity index (χ4v) is 2.59. The van der Waals surface area contributed by atoms with E-state index in [9.17, 15) is 0 Å². The van der Waals surface area contributed by atoms with E-state index in [0.29, 0.717) is 0 Å². The Hall–Kier alpha value is -0.0800. The van der Waals surface area contributed by atoms with E-state index in [0.717, 1.165) is 6.04 Å². The molecule has 2 saturated heterocycles. The summed E-state index contributed by atoms with van der Waals surface area (Å²) in [7, 11) is 0. The number of nitrogens with one attached hydrogen (secondary N) is 1. The third-order valence-corrected chi connectivity index (χ3v) is 3.44. The van der Waals surface area contributed by atoms with Crippen LogP contribution in [0.1, 0.15) is 38.5 Å². The van der Waals surface area contributed by atoms with Crippen LogP contribution in [0.15, 0.2) is 0 Å². The highest BCUT2D eigenvalue weighted by Crippen LogP contribution is 2.15. The van der Waals surface area contributed by atoms with E-state index in [1.807, 2.05) is 0 Å². The molecule has 0 saturated carbocycles. The minimum atomic E-state index is 0.859. The quantitative estimate of drug-likeness (QED) is 0.663. The van der Waals surface area contributed by atoms with Crippen LogP contribution < -0.4 is 5.32 Å². The average molecular weight is 182 g/mol. The van der Waals surface area contributed by atoms with Gasteiger partial charge >= 0.3 is 0 Å². The van der Waals surface area contributed by atoms with Gasteiger partial charge in [0.2, 0.25) is 0 Å². The molecule has 1 unspecified atom stereocenters. The van der Waals surface area contributed by atoms with Crippen molar-refractivity contribution < 1.29 is 0 Å². The summed E-state index contributed by atoms with van der Waals surface area (Å²) in [5.41, 5.74) is 0.